The lowest BCUT2D eigenvalue weighted by Crippen LogP contribution is -2.45. The molecule has 1 aromatic carbocycles. The zero-order valence-corrected chi connectivity index (χ0v) is 12.2. The van der Waals surface area contributed by atoms with E-state index >= 15 is 0 Å². The zero-order valence-electron chi connectivity index (χ0n) is 11.4. The lowest BCUT2D eigenvalue weighted by molar-refractivity contribution is 0.201. The third kappa shape index (κ3) is 3.87. The molecular weight excluding hydrogens is 260 g/mol. The van der Waals surface area contributed by atoms with Gasteiger partial charge in [0.15, 0.2) is 0 Å². The predicted octanol–water partition coefficient (Wildman–Crippen LogP) is 4.29. The van der Waals surface area contributed by atoms with Crippen LogP contribution in [0.3, 0.4) is 0 Å². The lowest BCUT2D eigenvalue weighted by atomic mass is 9.78. The summed E-state index contributed by atoms with van der Waals surface area (Å²) in [5.41, 5.74) is 0.724. The van der Waals surface area contributed by atoms with E-state index in [2.05, 4.69) is 24.5 Å². The van der Waals surface area contributed by atoms with Crippen molar-refractivity contribution in [3.63, 3.8) is 0 Å². The van der Waals surface area contributed by atoms with Crippen LogP contribution in [0.2, 0.25) is 5.02 Å². The fourth-order valence-electron chi connectivity index (χ4n) is 2.69. The van der Waals surface area contributed by atoms with Crippen molar-refractivity contribution in [3.8, 4) is 0 Å². The summed E-state index contributed by atoms with van der Waals surface area (Å²) >= 11 is 5.89. The largest absolute Gasteiger partial charge is 0.335 e. The Balaban J connectivity index is 1.90. The molecule has 19 heavy (non-hydrogen) atoms. The van der Waals surface area contributed by atoms with Gasteiger partial charge in [-0.25, -0.2) is 4.79 Å². The van der Waals surface area contributed by atoms with Crippen LogP contribution in [0.5, 0.6) is 0 Å². The van der Waals surface area contributed by atoms with Crippen molar-refractivity contribution >= 4 is 23.3 Å². The first kappa shape index (κ1) is 14.2. The van der Waals surface area contributed by atoms with Gasteiger partial charge in [-0.2, -0.15) is 0 Å². The van der Waals surface area contributed by atoms with E-state index in [0.717, 1.165) is 12.1 Å². The molecule has 0 spiro atoms. The van der Waals surface area contributed by atoms with Crippen molar-refractivity contribution in [1.29, 1.82) is 0 Å². The number of rotatable bonds is 2. The summed E-state index contributed by atoms with van der Waals surface area (Å²) < 4.78 is 0. The van der Waals surface area contributed by atoms with E-state index in [4.69, 9.17) is 11.6 Å². The summed E-state index contributed by atoms with van der Waals surface area (Å²) in [4.78, 5) is 12.0. The molecule has 2 N–H and O–H groups in total. The van der Waals surface area contributed by atoms with E-state index in [9.17, 15) is 4.79 Å². The highest BCUT2D eigenvalue weighted by atomic mass is 35.5. The van der Waals surface area contributed by atoms with E-state index in [0.29, 0.717) is 16.9 Å². The molecule has 0 radical (unpaired) electrons. The first-order valence-corrected chi connectivity index (χ1v) is 7.27. The molecule has 1 aliphatic rings. The molecule has 0 heterocycles. The Kier molecular flexibility index (Phi) is 4.70. The second kappa shape index (κ2) is 6.29. The number of amides is 2. The predicted molar refractivity (Wildman–Crippen MR) is 79.6 cm³/mol. The maximum atomic E-state index is 12.0. The van der Waals surface area contributed by atoms with Gasteiger partial charge >= 0.3 is 6.03 Å². The summed E-state index contributed by atoms with van der Waals surface area (Å²) in [5.74, 6) is 1.20. The van der Waals surface area contributed by atoms with Crippen LogP contribution in [0.15, 0.2) is 24.3 Å². The Morgan fingerprint density at radius 1 is 1.32 bits per heavy atom. The summed E-state index contributed by atoms with van der Waals surface area (Å²) in [6.07, 6.45) is 3.51. The third-order valence-electron chi connectivity index (χ3n) is 4.11. The minimum absolute atomic E-state index is 0.145. The molecule has 0 aliphatic heterocycles. The summed E-state index contributed by atoms with van der Waals surface area (Å²) in [5, 5.41) is 6.53. The van der Waals surface area contributed by atoms with Gasteiger partial charge in [0.25, 0.3) is 0 Å². The number of halogens is 1. The molecule has 1 fully saturated rings. The van der Waals surface area contributed by atoms with E-state index < -0.39 is 0 Å². The van der Waals surface area contributed by atoms with Crippen molar-refractivity contribution in [2.45, 2.75) is 39.2 Å². The number of hydrogen-bond donors (Lipinski definition) is 2. The van der Waals surface area contributed by atoms with Gasteiger partial charge in [0.2, 0.25) is 0 Å². The van der Waals surface area contributed by atoms with Gasteiger partial charge in [-0.3, -0.25) is 0 Å². The van der Waals surface area contributed by atoms with Gasteiger partial charge in [-0.1, -0.05) is 44.4 Å². The highest BCUT2D eigenvalue weighted by Crippen LogP contribution is 2.29. The van der Waals surface area contributed by atoms with Crippen molar-refractivity contribution in [2.24, 2.45) is 11.8 Å². The highest BCUT2D eigenvalue weighted by Gasteiger charge is 2.28. The number of carbonyl (C=O) groups excluding carboxylic acids is 1. The van der Waals surface area contributed by atoms with E-state index in [1.165, 1.54) is 12.8 Å². The van der Waals surface area contributed by atoms with Crippen molar-refractivity contribution in [3.05, 3.63) is 29.3 Å². The number of anilines is 1. The van der Waals surface area contributed by atoms with Gasteiger partial charge in [0.05, 0.1) is 0 Å². The fraction of sp³-hybridized carbons (Fsp3) is 0.533. The molecule has 1 saturated carbocycles. The smallest absolute Gasteiger partial charge is 0.319 e. The number of hydrogen-bond acceptors (Lipinski definition) is 1. The summed E-state index contributed by atoms with van der Waals surface area (Å²) in [6.45, 7) is 4.47. The maximum Gasteiger partial charge on any atom is 0.319 e. The summed E-state index contributed by atoms with van der Waals surface area (Å²) in [6, 6.07) is 7.31. The SMILES string of the molecule is C[C@@H]1[C@@H](C)CCC[C@H]1NC(=O)Nc1cccc(Cl)c1. The molecule has 0 unspecified atom stereocenters. The number of nitrogens with one attached hydrogen (secondary N) is 2. The average Bonchev–Trinajstić information content (AvgIpc) is 2.35. The van der Waals surface area contributed by atoms with Crippen LogP contribution >= 0.6 is 11.6 Å². The van der Waals surface area contributed by atoms with Crippen molar-refractivity contribution < 1.29 is 4.79 Å². The van der Waals surface area contributed by atoms with Crippen LogP contribution in [-0.4, -0.2) is 12.1 Å². The first-order chi connectivity index (χ1) is 9.06. The molecule has 2 rings (SSSR count). The van der Waals surface area contributed by atoms with Gasteiger partial charge in [-0.05, 0) is 36.5 Å². The Bertz CT molecular complexity index is 450. The molecule has 0 bridgehead atoms. The van der Waals surface area contributed by atoms with Crippen LogP contribution in [-0.2, 0) is 0 Å². The van der Waals surface area contributed by atoms with Crippen LogP contribution < -0.4 is 10.6 Å². The minimum Gasteiger partial charge on any atom is -0.335 e. The Morgan fingerprint density at radius 3 is 2.84 bits per heavy atom. The average molecular weight is 281 g/mol. The van der Waals surface area contributed by atoms with Crippen LogP contribution in [0, 0.1) is 11.8 Å². The molecular formula is C15H21ClN2O. The zero-order chi connectivity index (χ0) is 13.8. The van der Waals surface area contributed by atoms with Gasteiger partial charge < -0.3 is 10.6 Å². The second-order valence-electron chi connectivity index (χ2n) is 5.48. The Hall–Kier alpha value is -1.22. The third-order valence-corrected chi connectivity index (χ3v) is 4.34. The van der Waals surface area contributed by atoms with E-state index in [-0.39, 0.29) is 12.1 Å². The number of urea groups is 1. The summed E-state index contributed by atoms with van der Waals surface area (Å²) in [7, 11) is 0. The fourth-order valence-corrected chi connectivity index (χ4v) is 2.88. The van der Waals surface area contributed by atoms with Crippen molar-refractivity contribution in [2.75, 3.05) is 5.32 Å². The standard InChI is InChI=1S/C15H21ClN2O/c1-10-5-3-8-14(11(10)2)18-15(19)17-13-7-4-6-12(16)9-13/h4,6-7,9-11,14H,3,5,8H2,1-2H3,(H2,17,18,19)/t10-,11+,14+/m0/s1. The maximum absolute atomic E-state index is 12.0. The molecule has 0 aromatic heterocycles. The molecule has 3 nitrogen and oxygen atoms in total. The van der Waals surface area contributed by atoms with Crippen LogP contribution in [0.4, 0.5) is 10.5 Å². The van der Waals surface area contributed by atoms with Crippen LogP contribution in [0.1, 0.15) is 33.1 Å². The van der Waals surface area contributed by atoms with E-state index in [1.54, 1.807) is 12.1 Å². The second-order valence-corrected chi connectivity index (χ2v) is 5.92. The molecule has 4 heteroatoms. The van der Waals surface area contributed by atoms with Crippen LogP contribution in [0.25, 0.3) is 0 Å². The normalized spacial score (nSPS) is 26.8. The van der Waals surface area contributed by atoms with Crippen molar-refractivity contribution in [1.82, 2.24) is 5.32 Å². The molecule has 0 saturated heterocycles. The molecule has 3 atom stereocenters. The Labute approximate surface area is 119 Å². The Morgan fingerprint density at radius 2 is 2.11 bits per heavy atom. The van der Waals surface area contributed by atoms with E-state index in [1.807, 2.05) is 12.1 Å². The number of carbonyl (C=O) groups is 1. The molecule has 2 amide bonds. The number of benzene rings is 1. The lowest BCUT2D eigenvalue weighted by Gasteiger charge is -2.34. The first-order valence-electron chi connectivity index (χ1n) is 6.89. The van der Waals surface area contributed by atoms with Gasteiger partial charge in [-0.15, -0.1) is 0 Å². The highest BCUT2D eigenvalue weighted by molar-refractivity contribution is 6.30. The monoisotopic (exact) mass is 280 g/mol. The molecule has 1 aromatic rings. The van der Waals surface area contributed by atoms with Gasteiger partial charge in [0.1, 0.15) is 0 Å². The minimum atomic E-state index is -0.145. The quantitative estimate of drug-likeness (QED) is 0.834. The topological polar surface area (TPSA) is 41.1 Å². The van der Waals surface area contributed by atoms with Gasteiger partial charge in [0, 0.05) is 16.8 Å². The molecule has 1 aliphatic carbocycles. The molecule has 104 valence electrons.